The van der Waals surface area contributed by atoms with Crippen molar-refractivity contribution in [2.24, 2.45) is 0 Å². The van der Waals surface area contributed by atoms with Crippen molar-refractivity contribution in [1.29, 1.82) is 0 Å². The van der Waals surface area contributed by atoms with E-state index in [2.05, 4.69) is 54.7 Å². The van der Waals surface area contributed by atoms with Crippen LogP contribution in [0.1, 0.15) is 48.6 Å². The van der Waals surface area contributed by atoms with Gasteiger partial charge < -0.3 is 23.7 Å². The highest BCUT2D eigenvalue weighted by molar-refractivity contribution is 5.94. The van der Waals surface area contributed by atoms with Crippen LogP contribution in [0, 0.1) is 23.7 Å². The fourth-order valence-electron chi connectivity index (χ4n) is 4.46. The summed E-state index contributed by atoms with van der Waals surface area (Å²) in [6.45, 7) is 18.8. The van der Waals surface area contributed by atoms with E-state index in [0.29, 0.717) is 39.8 Å². The molecule has 0 saturated heterocycles. The average Bonchev–Trinajstić information content (AvgIpc) is 3.18. The number of benzene rings is 4. The van der Waals surface area contributed by atoms with E-state index in [4.69, 9.17) is 18.9 Å². The smallest absolute Gasteiger partial charge is 0.462 e. The summed E-state index contributed by atoms with van der Waals surface area (Å²) >= 11 is 0. The second-order valence-electron chi connectivity index (χ2n) is 12.1. The Bertz CT molecular complexity index is 2360. The Morgan fingerprint density at radius 2 is 1.12 bits per heavy atom. The van der Waals surface area contributed by atoms with E-state index >= 15 is 0 Å². The number of hydrogen-bond acceptors (Lipinski definition) is 10. The molecule has 0 unspecified atom stereocenters. The van der Waals surface area contributed by atoms with Gasteiger partial charge in [-0.05, 0) is 92.6 Å². The Morgan fingerprint density at radius 1 is 0.589 bits per heavy atom. The highest BCUT2D eigenvalue weighted by Crippen LogP contribution is 2.41. The zero-order valence-corrected chi connectivity index (χ0v) is 31.0. The fourth-order valence-corrected chi connectivity index (χ4v) is 4.46. The lowest BCUT2D eigenvalue weighted by molar-refractivity contribution is -0.139. The van der Waals surface area contributed by atoms with Gasteiger partial charge in [0.2, 0.25) is 0 Å². The predicted molar refractivity (Wildman–Crippen MR) is 209 cm³/mol. The molecule has 0 spiro atoms. The summed E-state index contributed by atoms with van der Waals surface area (Å²) in [6, 6.07) is 24.0. The van der Waals surface area contributed by atoms with Gasteiger partial charge in [0.25, 0.3) is 0 Å². The summed E-state index contributed by atoms with van der Waals surface area (Å²) < 4.78 is 26.1. The minimum absolute atomic E-state index is 0.0510. The summed E-state index contributed by atoms with van der Waals surface area (Å²) in [7, 11) is 0. The van der Waals surface area contributed by atoms with E-state index in [1.807, 2.05) is 12.1 Å². The van der Waals surface area contributed by atoms with Crippen LogP contribution >= 0.6 is 0 Å². The number of hydrogen-bond donors (Lipinski definition) is 0. The normalized spacial score (nSPS) is 9.84. The molecule has 0 aromatic heterocycles. The lowest BCUT2D eigenvalue weighted by Crippen LogP contribution is -2.16. The van der Waals surface area contributed by atoms with Crippen LogP contribution in [-0.4, -0.2) is 36.6 Å². The Hall–Kier alpha value is -7.69. The molecule has 0 aliphatic rings. The van der Waals surface area contributed by atoms with E-state index in [-0.39, 0.29) is 40.6 Å². The van der Waals surface area contributed by atoms with E-state index < -0.39 is 30.0 Å². The van der Waals surface area contributed by atoms with Gasteiger partial charge in [0.1, 0.15) is 5.75 Å². The quantitative estimate of drug-likeness (QED) is 0.0371. The van der Waals surface area contributed by atoms with Crippen LogP contribution in [0.4, 0.5) is 4.79 Å². The van der Waals surface area contributed by atoms with E-state index in [1.54, 1.807) is 67.6 Å². The molecule has 0 N–H and O–H groups in total. The summed E-state index contributed by atoms with van der Waals surface area (Å²) in [5.41, 5.74) is 4.64. The summed E-state index contributed by atoms with van der Waals surface area (Å²) in [5.74, 6) is 9.30. The molecule has 0 bridgehead atoms. The molecule has 0 radical (unpaired) electrons. The second kappa shape index (κ2) is 19.4. The van der Waals surface area contributed by atoms with Crippen molar-refractivity contribution in [1.82, 2.24) is 0 Å². The SMILES string of the molecule is C=CC(=O)Oc1c(-c2ccc(C#Cc3ccc(OC(=O)OC(=O)C(=C)C)cc3)cc2)ccc(C#Cc2ccc(CCOC(=O)C(=C)C)cc2)c1OC(=O)C(=C)C. The van der Waals surface area contributed by atoms with Crippen molar-refractivity contribution in [3.05, 3.63) is 162 Å². The third-order valence-corrected chi connectivity index (χ3v) is 7.42. The molecule has 10 heteroatoms. The molecule has 0 aliphatic carbocycles. The first-order chi connectivity index (χ1) is 26.7. The van der Waals surface area contributed by atoms with Gasteiger partial charge in [0, 0.05) is 51.5 Å². The number of carbonyl (C=O) groups is 5. The van der Waals surface area contributed by atoms with Gasteiger partial charge in [-0.3, -0.25) is 0 Å². The topological polar surface area (TPSA) is 132 Å². The Labute approximate surface area is 324 Å². The van der Waals surface area contributed by atoms with Crippen molar-refractivity contribution in [3.63, 3.8) is 0 Å². The number of esters is 4. The lowest BCUT2D eigenvalue weighted by atomic mass is 10.00. The summed E-state index contributed by atoms with van der Waals surface area (Å²) in [6.07, 6.45) is 0.317. The Morgan fingerprint density at radius 3 is 1.68 bits per heavy atom. The first-order valence-corrected chi connectivity index (χ1v) is 16.9. The number of rotatable bonds is 11. The van der Waals surface area contributed by atoms with Gasteiger partial charge in [-0.15, -0.1) is 0 Å². The molecule has 4 aromatic carbocycles. The van der Waals surface area contributed by atoms with Crippen molar-refractivity contribution >= 4 is 30.0 Å². The maximum Gasteiger partial charge on any atom is 0.521 e. The number of carbonyl (C=O) groups excluding carboxylic acids is 5. The molecule has 280 valence electrons. The molecule has 10 nitrogen and oxygen atoms in total. The molecule has 0 saturated carbocycles. The second-order valence-corrected chi connectivity index (χ2v) is 12.1. The van der Waals surface area contributed by atoms with Crippen molar-refractivity contribution in [2.45, 2.75) is 27.2 Å². The van der Waals surface area contributed by atoms with Gasteiger partial charge in [-0.2, -0.15) is 0 Å². The number of ether oxygens (including phenoxy) is 5. The maximum atomic E-state index is 12.8. The third kappa shape index (κ3) is 11.9. The fraction of sp³-hybridized carbons (Fsp3) is 0.109. The monoisotopic (exact) mass is 748 g/mol. The van der Waals surface area contributed by atoms with Crippen LogP contribution in [0.2, 0.25) is 0 Å². The van der Waals surface area contributed by atoms with Gasteiger partial charge in [-0.25, -0.2) is 24.0 Å². The average molecular weight is 749 g/mol. The third-order valence-electron chi connectivity index (χ3n) is 7.42. The van der Waals surface area contributed by atoms with Crippen molar-refractivity contribution in [3.8, 4) is 52.1 Å². The van der Waals surface area contributed by atoms with Gasteiger partial charge in [0.05, 0.1) is 12.2 Å². The van der Waals surface area contributed by atoms with Crippen LogP contribution in [0.5, 0.6) is 17.2 Å². The highest BCUT2D eigenvalue weighted by atomic mass is 16.7. The van der Waals surface area contributed by atoms with E-state index in [9.17, 15) is 24.0 Å². The van der Waals surface area contributed by atoms with Crippen LogP contribution < -0.4 is 14.2 Å². The summed E-state index contributed by atoms with van der Waals surface area (Å²) in [5, 5.41) is 0. The largest absolute Gasteiger partial charge is 0.521 e. The zero-order chi connectivity index (χ0) is 40.8. The minimum Gasteiger partial charge on any atom is -0.462 e. The summed E-state index contributed by atoms with van der Waals surface area (Å²) in [4.78, 5) is 60.4. The molecular weight excluding hydrogens is 712 g/mol. The van der Waals surface area contributed by atoms with Crippen LogP contribution in [0.15, 0.2) is 134 Å². The molecule has 0 aliphatic heterocycles. The first-order valence-electron chi connectivity index (χ1n) is 16.9. The van der Waals surface area contributed by atoms with Gasteiger partial charge >= 0.3 is 30.0 Å². The molecule has 4 aromatic rings. The predicted octanol–water partition coefficient (Wildman–Crippen LogP) is 8.01. The standard InChI is InChI=1S/C46H36O10/c1-8-40(47)54-42-39(36-20-15-33(16-21-36)9-10-34-18-24-38(25-19-34)53-46(51)56-45(50)31(6)7)26-23-37(41(42)55-44(49)30(4)5)22-17-32-11-13-35(14-12-32)27-28-52-43(48)29(2)3/h8,11-16,18-21,23-26H,1-2,4,6,27-28H2,3,5,7H3. The van der Waals surface area contributed by atoms with Gasteiger partial charge in [0.15, 0.2) is 11.5 Å². The molecule has 0 heterocycles. The highest BCUT2D eigenvalue weighted by Gasteiger charge is 2.22. The molecule has 56 heavy (non-hydrogen) atoms. The maximum absolute atomic E-state index is 12.8. The van der Waals surface area contributed by atoms with Crippen LogP contribution in [-0.2, 0) is 35.1 Å². The molecule has 0 atom stereocenters. The van der Waals surface area contributed by atoms with E-state index in [0.717, 1.165) is 11.6 Å². The minimum atomic E-state index is -1.18. The zero-order valence-electron chi connectivity index (χ0n) is 31.0. The Kier molecular flexibility index (Phi) is 14.2. The van der Waals surface area contributed by atoms with Crippen LogP contribution in [0.25, 0.3) is 11.1 Å². The lowest BCUT2D eigenvalue weighted by Gasteiger charge is -2.16. The van der Waals surface area contributed by atoms with Gasteiger partial charge in [-0.1, -0.05) is 74.3 Å². The van der Waals surface area contributed by atoms with E-state index in [1.165, 1.54) is 26.0 Å². The molecular formula is C46H36O10. The van der Waals surface area contributed by atoms with Crippen LogP contribution in [0.3, 0.4) is 0 Å². The van der Waals surface area contributed by atoms with Crippen molar-refractivity contribution in [2.75, 3.05) is 6.61 Å². The molecule has 4 rings (SSSR count). The molecule has 0 amide bonds. The molecule has 0 fully saturated rings. The van der Waals surface area contributed by atoms with Crippen molar-refractivity contribution < 1.29 is 47.7 Å². The first kappa shape index (κ1) is 41.1. The Balaban J connectivity index is 1.60.